The van der Waals surface area contributed by atoms with E-state index in [0.29, 0.717) is 0 Å². The highest BCUT2D eigenvalue weighted by molar-refractivity contribution is 5.14. The predicted molar refractivity (Wildman–Crippen MR) is 71.5 cm³/mol. The maximum atomic E-state index is 2.57. The summed E-state index contributed by atoms with van der Waals surface area (Å²) in [6, 6.07) is 10.8. The molecule has 16 heavy (non-hydrogen) atoms. The molecule has 0 saturated carbocycles. The van der Waals surface area contributed by atoms with E-state index in [1.807, 2.05) is 0 Å². The molecule has 0 bridgehead atoms. The fraction of sp³-hybridized carbons (Fsp3) is 0.600. The summed E-state index contributed by atoms with van der Waals surface area (Å²) >= 11 is 0. The third-order valence-electron chi connectivity index (χ3n) is 2.70. The normalized spacial score (nSPS) is 11.3. The fourth-order valence-electron chi connectivity index (χ4n) is 1.97. The predicted octanol–water partition coefficient (Wildman–Crippen LogP) is 3.94. The first-order chi connectivity index (χ1) is 7.72. The molecular formula is C15H25N. The topological polar surface area (TPSA) is 3.24 Å². The second-order valence-electron chi connectivity index (χ2n) is 4.97. The van der Waals surface area contributed by atoms with Crippen LogP contribution in [0.4, 0.5) is 0 Å². The summed E-state index contributed by atoms with van der Waals surface area (Å²) in [6.07, 6.45) is 2.59. The Morgan fingerprint density at radius 2 is 1.81 bits per heavy atom. The second kappa shape index (κ2) is 7.45. The van der Waals surface area contributed by atoms with Gasteiger partial charge in [0.05, 0.1) is 0 Å². The first kappa shape index (κ1) is 13.2. The number of hydrogen-bond acceptors (Lipinski definition) is 1. The SMILES string of the molecule is CCCCN(Cc1ccccc1)CC(C)C. The summed E-state index contributed by atoms with van der Waals surface area (Å²) in [5.74, 6) is 0.751. The van der Waals surface area contributed by atoms with Crippen molar-refractivity contribution in [2.45, 2.75) is 40.2 Å². The zero-order chi connectivity index (χ0) is 11.8. The molecule has 0 aromatic heterocycles. The Kier molecular flexibility index (Phi) is 6.17. The minimum Gasteiger partial charge on any atom is -0.299 e. The molecule has 0 aliphatic rings. The molecule has 1 aromatic rings. The Morgan fingerprint density at radius 1 is 1.12 bits per heavy atom. The molecule has 0 N–H and O–H groups in total. The summed E-state index contributed by atoms with van der Waals surface area (Å²) in [5, 5.41) is 0. The molecule has 0 atom stereocenters. The number of benzene rings is 1. The van der Waals surface area contributed by atoms with Gasteiger partial charge in [0.15, 0.2) is 0 Å². The van der Waals surface area contributed by atoms with Gasteiger partial charge in [0, 0.05) is 13.1 Å². The van der Waals surface area contributed by atoms with Crippen molar-refractivity contribution < 1.29 is 0 Å². The van der Waals surface area contributed by atoms with E-state index >= 15 is 0 Å². The molecule has 0 fully saturated rings. The number of hydrogen-bond donors (Lipinski definition) is 0. The van der Waals surface area contributed by atoms with Gasteiger partial charge < -0.3 is 0 Å². The first-order valence-corrected chi connectivity index (χ1v) is 6.48. The minimum atomic E-state index is 0.751. The lowest BCUT2D eigenvalue weighted by molar-refractivity contribution is 0.232. The first-order valence-electron chi connectivity index (χ1n) is 6.48. The van der Waals surface area contributed by atoms with Crippen molar-refractivity contribution in [2.75, 3.05) is 13.1 Å². The van der Waals surface area contributed by atoms with E-state index in [0.717, 1.165) is 12.5 Å². The Bertz CT molecular complexity index is 266. The lowest BCUT2D eigenvalue weighted by atomic mass is 10.1. The highest BCUT2D eigenvalue weighted by Crippen LogP contribution is 2.08. The van der Waals surface area contributed by atoms with E-state index in [1.54, 1.807) is 0 Å². The number of nitrogens with zero attached hydrogens (tertiary/aromatic N) is 1. The van der Waals surface area contributed by atoms with Gasteiger partial charge in [0.1, 0.15) is 0 Å². The maximum absolute atomic E-state index is 2.57. The van der Waals surface area contributed by atoms with Crippen molar-refractivity contribution >= 4 is 0 Å². The summed E-state index contributed by atoms with van der Waals surface area (Å²) in [5.41, 5.74) is 1.43. The van der Waals surface area contributed by atoms with Gasteiger partial charge in [-0.15, -0.1) is 0 Å². The van der Waals surface area contributed by atoms with Crippen LogP contribution in [0.3, 0.4) is 0 Å². The molecule has 0 heterocycles. The molecular weight excluding hydrogens is 194 g/mol. The lowest BCUT2D eigenvalue weighted by Crippen LogP contribution is -2.28. The van der Waals surface area contributed by atoms with Crippen LogP contribution in [0.15, 0.2) is 30.3 Å². The van der Waals surface area contributed by atoms with E-state index in [-0.39, 0.29) is 0 Å². The molecule has 1 aromatic carbocycles. The van der Waals surface area contributed by atoms with Gasteiger partial charge in [-0.1, -0.05) is 57.5 Å². The monoisotopic (exact) mass is 219 g/mol. The quantitative estimate of drug-likeness (QED) is 0.671. The average molecular weight is 219 g/mol. The Labute approximate surface area is 100 Å². The zero-order valence-electron chi connectivity index (χ0n) is 10.9. The third-order valence-corrected chi connectivity index (χ3v) is 2.70. The highest BCUT2D eigenvalue weighted by atomic mass is 15.1. The van der Waals surface area contributed by atoms with E-state index in [1.165, 1.54) is 31.5 Å². The van der Waals surface area contributed by atoms with Crippen LogP contribution < -0.4 is 0 Å². The Balaban J connectivity index is 2.49. The molecule has 1 heteroatoms. The number of rotatable bonds is 7. The van der Waals surface area contributed by atoms with Crippen LogP contribution in [0.25, 0.3) is 0 Å². The molecule has 90 valence electrons. The van der Waals surface area contributed by atoms with Gasteiger partial charge in [0.2, 0.25) is 0 Å². The van der Waals surface area contributed by atoms with Gasteiger partial charge >= 0.3 is 0 Å². The van der Waals surface area contributed by atoms with Crippen LogP contribution in [-0.2, 0) is 6.54 Å². The second-order valence-corrected chi connectivity index (χ2v) is 4.97. The molecule has 1 nitrogen and oxygen atoms in total. The van der Waals surface area contributed by atoms with Crippen LogP contribution in [-0.4, -0.2) is 18.0 Å². The van der Waals surface area contributed by atoms with Gasteiger partial charge in [-0.05, 0) is 24.4 Å². The molecule has 0 radical (unpaired) electrons. The van der Waals surface area contributed by atoms with E-state index in [2.05, 4.69) is 56.0 Å². The van der Waals surface area contributed by atoms with Crippen molar-refractivity contribution in [1.82, 2.24) is 4.90 Å². The lowest BCUT2D eigenvalue weighted by Gasteiger charge is -2.24. The van der Waals surface area contributed by atoms with Crippen molar-refractivity contribution in [3.63, 3.8) is 0 Å². The average Bonchev–Trinajstić information content (AvgIpc) is 2.26. The molecule has 1 rings (SSSR count). The van der Waals surface area contributed by atoms with Crippen molar-refractivity contribution in [3.05, 3.63) is 35.9 Å². The van der Waals surface area contributed by atoms with Crippen LogP contribution in [0, 0.1) is 5.92 Å². The molecule has 0 aliphatic carbocycles. The smallest absolute Gasteiger partial charge is 0.0233 e. The third kappa shape index (κ3) is 5.32. The van der Waals surface area contributed by atoms with Crippen LogP contribution in [0.2, 0.25) is 0 Å². The Morgan fingerprint density at radius 3 is 2.38 bits per heavy atom. The summed E-state index contributed by atoms with van der Waals surface area (Å²) in [4.78, 5) is 2.57. The Hall–Kier alpha value is -0.820. The molecule has 0 aliphatic heterocycles. The van der Waals surface area contributed by atoms with Gasteiger partial charge in [-0.2, -0.15) is 0 Å². The van der Waals surface area contributed by atoms with Crippen molar-refractivity contribution in [2.24, 2.45) is 5.92 Å². The summed E-state index contributed by atoms with van der Waals surface area (Å²) in [7, 11) is 0. The highest BCUT2D eigenvalue weighted by Gasteiger charge is 2.07. The minimum absolute atomic E-state index is 0.751. The number of unbranched alkanes of at least 4 members (excludes halogenated alkanes) is 1. The van der Waals surface area contributed by atoms with Crippen molar-refractivity contribution in [1.29, 1.82) is 0 Å². The standard InChI is InChI=1S/C15H25N/c1-4-5-11-16(12-14(2)3)13-15-9-7-6-8-10-15/h6-10,14H,4-5,11-13H2,1-3H3. The molecule has 0 amide bonds. The largest absolute Gasteiger partial charge is 0.299 e. The van der Waals surface area contributed by atoms with Crippen LogP contribution in [0.1, 0.15) is 39.2 Å². The van der Waals surface area contributed by atoms with E-state index in [4.69, 9.17) is 0 Å². The van der Waals surface area contributed by atoms with Gasteiger partial charge in [0.25, 0.3) is 0 Å². The summed E-state index contributed by atoms with van der Waals surface area (Å²) in [6.45, 7) is 10.4. The van der Waals surface area contributed by atoms with Crippen molar-refractivity contribution in [3.8, 4) is 0 Å². The molecule has 0 spiro atoms. The summed E-state index contributed by atoms with van der Waals surface area (Å²) < 4.78 is 0. The van der Waals surface area contributed by atoms with Gasteiger partial charge in [-0.25, -0.2) is 0 Å². The molecule has 0 unspecified atom stereocenters. The van der Waals surface area contributed by atoms with Gasteiger partial charge in [-0.3, -0.25) is 4.90 Å². The van der Waals surface area contributed by atoms with Crippen LogP contribution >= 0.6 is 0 Å². The van der Waals surface area contributed by atoms with E-state index < -0.39 is 0 Å². The fourth-order valence-corrected chi connectivity index (χ4v) is 1.97. The van der Waals surface area contributed by atoms with E-state index in [9.17, 15) is 0 Å². The van der Waals surface area contributed by atoms with Crippen LogP contribution in [0.5, 0.6) is 0 Å². The maximum Gasteiger partial charge on any atom is 0.0233 e. The zero-order valence-corrected chi connectivity index (χ0v) is 10.9. The molecule has 0 saturated heterocycles.